The Kier molecular flexibility index (Phi) is 5.46. The average Bonchev–Trinajstić information content (AvgIpc) is 3.41. The van der Waals surface area contributed by atoms with E-state index in [1.165, 1.54) is 0 Å². The van der Waals surface area contributed by atoms with Crippen molar-refractivity contribution >= 4 is 29.2 Å². The molecule has 1 aromatic heterocycles. The SMILES string of the molecule is CCOC(=O)c1cc(-c2ccc(/C=C(/C#N)c3ccc4c(c3)OCO4)o2)ccc1Cl. The number of hydrogen-bond acceptors (Lipinski definition) is 6. The predicted molar refractivity (Wildman–Crippen MR) is 111 cm³/mol. The first-order chi connectivity index (χ1) is 14.6. The summed E-state index contributed by atoms with van der Waals surface area (Å²) in [5, 5.41) is 9.90. The molecule has 0 N–H and O–H groups in total. The van der Waals surface area contributed by atoms with E-state index in [1.54, 1.807) is 61.5 Å². The summed E-state index contributed by atoms with van der Waals surface area (Å²) >= 11 is 6.12. The molecular weight excluding hydrogens is 406 g/mol. The number of fused-ring (bicyclic) bond motifs is 1. The van der Waals surface area contributed by atoms with Crippen LogP contribution in [0.25, 0.3) is 23.0 Å². The molecule has 0 saturated heterocycles. The molecular formula is C23H16ClNO5. The molecule has 0 amide bonds. The summed E-state index contributed by atoms with van der Waals surface area (Å²) in [4.78, 5) is 12.1. The first-order valence-corrected chi connectivity index (χ1v) is 9.55. The number of ether oxygens (including phenoxy) is 3. The monoisotopic (exact) mass is 421 g/mol. The van der Waals surface area contributed by atoms with Gasteiger partial charge in [0.2, 0.25) is 6.79 Å². The van der Waals surface area contributed by atoms with Crippen molar-refractivity contribution in [2.24, 2.45) is 0 Å². The van der Waals surface area contributed by atoms with Crippen LogP contribution in [0.2, 0.25) is 5.02 Å². The van der Waals surface area contributed by atoms with Gasteiger partial charge in [-0.25, -0.2) is 4.79 Å². The highest BCUT2D eigenvalue weighted by molar-refractivity contribution is 6.33. The third-order valence-corrected chi connectivity index (χ3v) is 4.79. The summed E-state index contributed by atoms with van der Waals surface area (Å²) in [5.74, 6) is 1.78. The molecule has 7 heteroatoms. The maximum Gasteiger partial charge on any atom is 0.339 e. The van der Waals surface area contributed by atoms with E-state index in [0.29, 0.717) is 44.7 Å². The topological polar surface area (TPSA) is 81.7 Å². The molecule has 0 spiro atoms. The highest BCUT2D eigenvalue weighted by atomic mass is 35.5. The zero-order valence-corrected chi connectivity index (χ0v) is 16.7. The summed E-state index contributed by atoms with van der Waals surface area (Å²) in [6.45, 7) is 2.15. The lowest BCUT2D eigenvalue weighted by molar-refractivity contribution is 0.0526. The maximum atomic E-state index is 12.1. The molecule has 4 rings (SSSR count). The van der Waals surface area contributed by atoms with Crippen molar-refractivity contribution < 1.29 is 23.4 Å². The Morgan fingerprint density at radius 1 is 1.17 bits per heavy atom. The molecule has 1 aliphatic heterocycles. The van der Waals surface area contributed by atoms with Gasteiger partial charge < -0.3 is 18.6 Å². The molecule has 0 unspecified atom stereocenters. The van der Waals surface area contributed by atoms with Crippen LogP contribution < -0.4 is 9.47 Å². The van der Waals surface area contributed by atoms with E-state index in [4.69, 9.17) is 30.2 Å². The second-order valence-electron chi connectivity index (χ2n) is 6.35. The van der Waals surface area contributed by atoms with Crippen LogP contribution in [-0.2, 0) is 4.74 Å². The number of benzene rings is 2. The third kappa shape index (κ3) is 3.88. The predicted octanol–water partition coefficient (Wildman–Crippen LogP) is 5.57. The Morgan fingerprint density at radius 3 is 2.80 bits per heavy atom. The van der Waals surface area contributed by atoms with Crippen LogP contribution in [0.4, 0.5) is 0 Å². The molecule has 0 atom stereocenters. The lowest BCUT2D eigenvalue weighted by atomic mass is 10.1. The zero-order valence-electron chi connectivity index (χ0n) is 16.0. The minimum absolute atomic E-state index is 0.167. The van der Waals surface area contributed by atoms with E-state index in [0.717, 1.165) is 0 Å². The van der Waals surface area contributed by atoms with Crippen molar-refractivity contribution in [2.45, 2.75) is 6.92 Å². The fraction of sp³-hybridized carbons (Fsp3) is 0.130. The van der Waals surface area contributed by atoms with Crippen LogP contribution in [0.3, 0.4) is 0 Å². The quantitative estimate of drug-likeness (QED) is 0.395. The van der Waals surface area contributed by atoms with Gasteiger partial charge in [-0.3, -0.25) is 0 Å². The van der Waals surface area contributed by atoms with Crippen molar-refractivity contribution in [3.63, 3.8) is 0 Å². The molecule has 0 bridgehead atoms. The molecule has 3 aromatic rings. The summed E-state index contributed by atoms with van der Waals surface area (Å²) < 4.78 is 21.6. The van der Waals surface area contributed by atoms with Gasteiger partial charge in [0, 0.05) is 5.56 Å². The molecule has 0 fully saturated rings. The highest BCUT2D eigenvalue weighted by Gasteiger charge is 2.16. The number of nitriles is 1. The first-order valence-electron chi connectivity index (χ1n) is 9.17. The highest BCUT2D eigenvalue weighted by Crippen LogP contribution is 2.35. The first kappa shape index (κ1) is 19.6. The summed E-state index contributed by atoms with van der Waals surface area (Å²) in [5.41, 5.74) is 2.04. The number of hydrogen-bond donors (Lipinski definition) is 0. The van der Waals surface area contributed by atoms with Gasteiger partial charge in [-0.05, 0) is 67.1 Å². The lowest BCUT2D eigenvalue weighted by Gasteiger charge is -2.06. The van der Waals surface area contributed by atoms with Gasteiger partial charge in [0.25, 0.3) is 0 Å². The van der Waals surface area contributed by atoms with Crippen molar-refractivity contribution in [3.8, 4) is 28.9 Å². The van der Waals surface area contributed by atoms with Crippen LogP contribution >= 0.6 is 11.6 Å². The van der Waals surface area contributed by atoms with E-state index in [1.807, 2.05) is 0 Å². The minimum atomic E-state index is -0.495. The molecule has 0 radical (unpaired) electrons. The van der Waals surface area contributed by atoms with E-state index >= 15 is 0 Å². The van der Waals surface area contributed by atoms with E-state index in [2.05, 4.69) is 6.07 Å². The number of rotatable bonds is 5. The van der Waals surface area contributed by atoms with Crippen LogP contribution in [-0.4, -0.2) is 19.4 Å². The molecule has 6 nitrogen and oxygen atoms in total. The van der Waals surface area contributed by atoms with E-state index < -0.39 is 5.97 Å². The fourth-order valence-electron chi connectivity index (χ4n) is 3.02. The zero-order chi connectivity index (χ0) is 21.1. The average molecular weight is 422 g/mol. The maximum absolute atomic E-state index is 12.1. The van der Waals surface area contributed by atoms with Gasteiger partial charge in [0.1, 0.15) is 11.5 Å². The molecule has 0 saturated carbocycles. The molecule has 30 heavy (non-hydrogen) atoms. The summed E-state index contributed by atoms with van der Waals surface area (Å²) in [7, 11) is 0. The molecule has 2 heterocycles. The number of furan rings is 1. The van der Waals surface area contributed by atoms with E-state index in [9.17, 15) is 10.1 Å². The van der Waals surface area contributed by atoms with E-state index in [-0.39, 0.29) is 19.0 Å². The second-order valence-corrected chi connectivity index (χ2v) is 6.76. The fourth-order valence-corrected chi connectivity index (χ4v) is 3.21. The van der Waals surface area contributed by atoms with Crippen LogP contribution in [0.5, 0.6) is 11.5 Å². The third-order valence-electron chi connectivity index (χ3n) is 4.46. The second kappa shape index (κ2) is 8.36. The Labute approximate surface area is 177 Å². The van der Waals surface area contributed by atoms with Crippen molar-refractivity contribution in [1.82, 2.24) is 0 Å². The van der Waals surface area contributed by atoms with Gasteiger partial charge in [0.15, 0.2) is 11.5 Å². The van der Waals surface area contributed by atoms with Gasteiger partial charge in [0.05, 0.1) is 28.8 Å². The van der Waals surface area contributed by atoms with Crippen molar-refractivity contribution in [2.75, 3.05) is 13.4 Å². The summed E-state index contributed by atoms with van der Waals surface area (Å²) in [6.07, 6.45) is 1.64. The van der Waals surface area contributed by atoms with Gasteiger partial charge in [-0.15, -0.1) is 0 Å². The smallest absolute Gasteiger partial charge is 0.339 e. The Hall–Kier alpha value is -3.69. The normalized spacial score (nSPS) is 12.5. The minimum Gasteiger partial charge on any atom is -0.462 e. The van der Waals surface area contributed by atoms with Gasteiger partial charge in [-0.1, -0.05) is 11.6 Å². The molecule has 1 aliphatic rings. The number of nitrogens with zero attached hydrogens (tertiary/aromatic N) is 1. The Balaban J connectivity index is 1.63. The number of carbonyl (C=O) groups is 1. The van der Waals surface area contributed by atoms with Crippen LogP contribution in [0.15, 0.2) is 52.9 Å². The molecule has 150 valence electrons. The lowest BCUT2D eigenvalue weighted by Crippen LogP contribution is -2.05. The number of carbonyl (C=O) groups excluding carboxylic acids is 1. The summed E-state index contributed by atoms with van der Waals surface area (Å²) in [6, 6.07) is 16.0. The number of allylic oxidation sites excluding steroid dienone is 1. The number of esters is 1. The molecule has 0 aliphatic carbocycles. The van der Waals surface area contributed by atoms with Gasteiger partial charge in [-0.2, -0.15) is 5.26 Å². The molecule has 2 aromatic carbocycles. The van der Waals surface area contributed by atoms with Crippen molar-refractivity contribution in [3.05, 3.63) is 70.4 Å². The number of halogens is 1. The standard InChI is InChI=1S/C23H16ClNO5/c1-2-27-23(26)18-10-15(3-6-19(18)24)20-8-5-17(30-20)9-16(12-25)14-4-7-21-22(11-14)29-13-28-21/h3-11H,2,13H2,1H3/b16-9-. The largest absolute Gasteiger partial charge is 0.462 e. The van der Waals surface area contributed by atoms with Crippen LogP contribution in [0.1, 0.15) is 28.6 Å². The Morgan fingerprint density at radius 2 is 2.00 bits per heavy atom. The van der Waals surface area contributed by atoms with Crippen molar-refractivity contribution in [1.29, 1.82) is 5.26 Å². The van der Waals surface area contributed by atoms with Gasteiger partial charge >= 0.3 is 5.97 Å². The van der Waals surface area contributed by atoms with Crippen LogP contribution in [0, 0.1) is 11.3 Å². The Bertz CT molecular complexity index is 1190.